The van der Waals surface area contributed by atoms with Crippen LogP contribution in [0.5, 0.6) is 0 Å². The maximum Gasteiger partial charge on any atom is 0.317 e. The van der Waals surface area contributed by atoms with E-state index >= 15 is 0 Å². The number of urea groups is 1. The first-order chi connectivity index (χ1) is 8.67. The molecule has 1 rings (SSSR count). The van der Waals surface area contributed by atoms with E-state index in [0.29, 0.717) is 6.54 Å². The number of carbonyl (C=O) groups is 1. The first-order valence-electron chi connectivity index (χ1n) is 6.29. The van der Waals surface area contributed by atoms with Crippen LogP contribution in [0.2, 0.25) is 0 Å². The molecular weight excluding hydrogens is 244 g/mol. The molecule has 18 heavy (non-hydrogen) atoms. The van der Waals surface area contributed by atoms with Gasteiger partial charge in [-0.1, -0.05) is 25.5 Å². The molecule has 0 saturated carbocycles. The van der Waals surface area contributed by atoms with Crippen molar-refractivity contribution < 1.29 is 4.79 Å². The van der Waals surface area contributed by atoms with E-state index in [4.69, 9.17) is 0 Å². The maximum atomic E-state index is 11.8. The summed E-state index contributed by atoms with van der Waals surface area (Å²) in [6.07, 6.45) is 4.18. The smallest absolute Gasteiger partial charge is 0.317 e. The molecule has 4 heteroatoms. The fourth-order valence-corrected chi connectivity index (χ4v) is 1.99. The zero-order chi connectivity index (χ0) is 13.4. The fourth-order valence-electron chi connectivity index (χ4n) is 1.58. The molecule has 0 aliphatic heterocycles. The van der Waals surface area contributed by atoms with Gasteiger partial charge < -0.3 is 10.2 Å². The van der Waals surface area contributed by atoms with E-state index in [-0.39, 0.29) is 6.03 Å². The molecular formula is C14H22N2OS. The molecule has 0 aliphatic rings. The Bertz CT molecular complexity index is 365. The Kier molecular flexibility index (Phi) is 6.65. The minimum Gasteiger partial charge on any atom is -0.338 e. The number of hydrogen-bond acceptors (Lipinski definition) is 2. The lowest BCUT2D eigenvalue weighted by atomic mass is 10.2. The number of thioether (sulfide) groups is 1. The van der Waals surface area contributed by atoms with Crippen LogP contribution in [0, 0.1) is 0 Å². The van der Waals surface area contributed by atoms with E-state index in [2.05, 4.69) is 42.8 Å². The highest BCUT2D eigenvalue weighted by Gasteiger charge is 2.07. The molecule has 0 atom stereocenters. The highest BCUT2D eigenvalue weighted by atomic mass is 32.2. The number of nitrogens with one attached hydrogen (secondary N) is 1. The number of carbonyl (C=O) groups excluding carboxylic acids is 1. The largest absolute Gasteiger partial charge is 0.338 e. The lowest BCUT2D eigenvalue weighted by Crippen LogP contribution is -2.37. The van der Waals surface area contributed by atoms with Crippen molar-refractivity contribution in [3.63, 3.8) is 0 Å². The van der Waals surface area contributed by atoms with E-state index in [1.807, 2.05) is 7.05 Å². The van der Waals surface area contributed by atoms with Gasteiger partial charge in [0.2, 0.25) is 0 Å². The Hall–Kier alpha value is -1.16. The Morgan fingerprint density at radius 3 is 2.56 bits per heavy atom. The van der Waals surface area contributed by atoms with Gasteiger partial charge in [0.1, 0.15) is 0 Å². The van der Waals surface area contributed by atoms with Crippen LogP contribution in [-0.2, 0) is 6.54 Å². The van der Waals surface area contributed by atoms with Crippen molar-refractivity contribution in [3.8, 4) is 0 Å². The highest BCUT2D eigenvalue weighted by Crippen LogP contribution is 2.15. The molecule has 1 N–H and O–H groups in total. The summed E-state index contributed by atoms with van der Waals surface area (Å²) in [6, 6.07) is 8.31. The van der Waals surface area contributed by atoms with Crippen LogP contribution >= 0.6 is 11.8 Å². The summed E-state index contributed by atoms with van der Waals surface area (Å²) >= 11 is 1.72. The average molecular weight is 266 g/mol. The summed E-state index contributed by atoms with van der Waals surface area (Å²) in [4.78, 5) is 14.7. The second kappa shape index (κ2) is 8.03. The predicted molar refractivity (Wildman–Crippen MR) is 78.0 cm³/mol. The number of benzene rings is 1. The van der Waals surface area contributed by atoms with Gasteiger partial charge in [0.15, 0.2) is 0 Å². The molecule has 2 amide bonds. The average Bonchev–Trinajstić information content (AvgIpc) is 2.39. The molecule has 1 aromatic carbocycles. The summed E-state index contributed by atoms with van der Waals surface area (Å²) in [5, 5.41) is 2.91. The zero-order valence-electron chi connectivity index (χ0n) is 11.4. The van der Waals surface area contributed by atoms with Gasteiger partial charge in [0.05, 0.1) is 0 Å². The molecule has 0 heterocycles. The third kappa shape index (κ3) is 5.00. The van der Waals surface area contributed by atoms with Crippen LogP contribution < -0.4 is 5.32 Å². The molecule has 0 spiro atoms. The lowest BCUT2D eigenvalue weighted by molar-refractivity contribution is 0.207. The van der Waals surface area contributed by atoms with Crippen LogP contribution in [0.4, 0.5) is 4.79 Å². The molecule has 0 saturated heterocycles. The number of unbranched alkanes of at least 4 members (excludes halogenated alkanes) is 1. The van der Waals surface area contributed by atoms with Gasteiger partial charge in [-0.3, -0.25) is 0 Å². The van der Waals surface area contributed by atoms with Crippen LogP contribution in [0.25, 0.3) is 0 Å². The maximum absolute atomic E-state index is 11.8. The first-order valence-corrected chi connectivity index (χ1v) is 7.51. The normalized spacial score (nSPS) is 10.2. The Labute approximate surface area is 114 Å². The van der Waals surface area contributed by atoms with Crippen LogP contribution in [0.3, 0.4) is 0 Å². The van der Waals surface area contributed by atoms with Gasteiger partial charge in [0, 0.05) is 25.0 Å². The molecule has 100 valence electrons. The van der Waals surface area contributed by atoms with Crippen molar-refractivity contribution >= 4 is 17.8 Å². The lowest BCUT2D eigenvalue weighted by Gasteiger charge is -2.18. The minimum atomic E-state index is -0.00241. The van der Waals surface area contributed by atoms with E-state index in [0.717, 1.165) is 24.9 Å². The standard InChI is InChI=1S/C14H22N2OS/c1-4-5-10-15-14(17)16(2)11-12-6-8-13(18-3)9-7-12/h6-9H,4-5,10-11H2,1-3H3,(H,15,17). The van der Waals surface area contributed by atoms with Gasteiger partial charge in [-0.15, -0.1) is 11.8 Å². The van der Waals surface area contributed by atoms with E-state index in [1.54, 1.807) is 16.7 Å². The van der Waals surface area contributed by atoms with Crippen molar-refractivity contribution in [2.75, 3.05) is 19.8 Å². The monoisotopic (exact) mass is 266 g/mol. The number of hydrogen-bond donors (Lipinski definition) is 1. The third-order valence-corrected chi connectivity index (χ3v) is 3.48. The summed E-state index contributed by atoms with van der Waals surface area (Å²) in [5.41, 5.74) is 1.15. The van der Waals surface area contributed by atoms with Crippen LogP contribution in [0.1, 0.15) is 25.3 Å². The van der Waals surface area contributed by atoms with Crippen molar-refractivity contribution in [3.05, 3.63) is 29.8 Å². The van der Waals surface area contributed by atoms with Crippen molar-refractivity contribution in [2.45, 2.75) is 31.2 Å². The SMILES string of the molecule is CCCCNC(=O)N(C)Cc1ccc(SC)cc1. The second-order valence-electron chi connectivity index (χ2n) is 4.29. The molecule has 0 fully saturated rings. The predicted octanol–water partition coefficient (Wildman–Crippen LogP) is 3.35. The third-order valence-electron chi connectivity index (χ3n) is 2.73. The first kappa shape index (κ1) is 14.9. The van der Waals surface area contributed by atoms with Gasteiger partial charge in [-0.25, -0.2) is 4.79 Å². The zero-order valence-corrected chi connectivity index (χ0v) is 12.2. The Balaban J connectivity index is 2.42. The Morgan fingerprint density at radius 2 is 2.00 bits per heavy atom. The van der Waals surface area contributed by atoms with Gasteiger partial charge in [0.25, 0.3) is 0 Å². The van der Waals surface area contributed by atoms with E-state index in [1.165, 1.54) is 4.90 Å². The minimum absolute atomic E-state index is 0.00241. The van der Waals surface area contributed by atoms with E-state index < -0.39 is 0 Å². The van der Waals surface area contributed by atoms with Crippen molar-refractivity contribution in [2.24, 2.45) is 0 Å². The summed E-state index contributed by atoms with van der Waals surface area (Å²) < 4.78 is 0. The second-order valence-corrected chi connectivity index (χ2v) is 5.17. The number of nitrogens with zero attached hydrogens (tertiary/aromatic N) is 1. The topological polar surface area (TPSA) is 32.3 Å². The van der Waals surface area contributed by atoms with Crippen LogP contribution in [0.15, 0.2) is 29.2 Å². The molecule has 1 aromatic rings. The van der Waals surface area contributed by atoms with Crippen molar-refractivity contribution in [1.29, 1.82) is 0 Å². The molecule has 3 nitrogen and oxygen atoms in total. The molecule has 0 aromatic heterocycles. The molecule has 0 aliphatic carbocycles. The van der Waals surface area contributed by atoms with Gasteiger partial charge in [-0.05, 0) is 30.4 Å². The molecule has 0 radical (unpaired) electrons. The quantitative estimate of drug-likeness (QED) is 0.632. The van der Waals surface area contributed by atoms with Crippen molar-refractivity contribution in [1.82, 2.24) is 10.2 Å². The summed E-state index contributed by atoms with van der Waals surface area (Å²) in [7, 11) is 1.82. The highest BCUT2D eigenvalue weighted by molar-refractivity contribution is 7.98. The number of amides is 2. The van der Waals surface area contributed by atoms with Gasteiger partial charge in [-0.2, -0.15) is 0 Å². The Morgan fingerprint density at radius 1 is 1.33 bits per heavy atom. The van der Waals surface area contributed by atoms with Crippen LogP contribution in [-0.4, -0.2) is 30.8 Å². The molecule has 0 bridgehead atoms. The summed E-state index contributed by atoms with van der Waals surface area (Å²) in [6.45, 7) is 3.51. The fraction of sp³-hybridized carbons (Fsp3) is 0.500. The van der Waals surface area contributed by atoms with E-state index in [9.17, 15) is 4.79 Å². The van der Waals surface area contributed by atoms with Gasteiger partial charge >= 0.3 is 6.03 Å². The summed E-state index contributed by atoms with van der Waals surface area (Å²) in [5.74, 6) is 0. The number of rotatable bonds is 6. The molecule has 0 unspecified atom stereocenters.